The summed E-state index contributed by atoms with van der Waals surface area (Å²) in [4.78, 5) is 4.23. The van der Waals surface area contributed by atoms with Crippen LogP contribution in [0.4, 0.5) is 0 Å². The first kappa shape index (κ1) is 8.41. The molecule has 0 aromatic carbocycles. The summed E-state index contributed by atoms with van der Waals surface area (Å²) in [5, 5.41) is 4.17. The van der Waals surface area contributed by atoms with Crippen molar-refractivity contribution in [2.24, 2.45) is 5.73 Å². The summed E-state index contributed by atoms with van der Waals surface area (Å²) in [5.41, 5.74) is 8.91. The van der Waals surface area contributed by atoms with Gasteiger partial charge in [-0.05, 0) is 28.5 Å². The lowest BCUT2D eigenvalue weighted by Crippen LogP contribution is -2.00. The molecular weight excluding hydrogens is 180 g/mol. The molecule has 2 aromatic rings. The van der Waals surface area contributed by atoms with E-state index in [-0.39, 0.29) is 0 Å². The Morgan fingerprint density at radius 1 is 1.38 bits per heavy atom. The van der Waals surface area contributed by atoms with Crippen LogP contribution in [0, 0.1) is 0 Å². The van der Waals surface area contributed by atoms with Crippen LogP contribution in [-0.4, -0.2) is 4.98 Å². The predicted octanol–water partition coefficient (Wildman–Crippen LogP) is 2.27. The number of hydrogen-bond acceptors (Lipinski definition) is 3. The van der Waals surface area contributed by atoms with Crippen molar-refractivity contribution in [2.45, 2.75) is 6.54 Å². The average Bonchev–Trinajstić information content (AvgIpc) is 2.70. The number of rotatable bonds is 2. The molecule has 0 bridgehead atoms. The lowest BCUT2D eigenvalue weighted by atomic mass is 10.1. The van der Waals surface area contributed by atoms with Gasteiger partial charge in [0.1, 0.15) is 0 Å². The molecule has 0 fully saturated rings. The molecule has 2 aromatic heterocycles. The van der Waals surface area contributed by atoms with E-state index in [1.165, 1.54) is 5.56 Å². The lowest BCUT2D eigenvalue weighted by Gasteiger charge is -2.03. The summed E-state index contributed by atoms with van der Waals surface area (Å²) in [5.74, 6) is 0. The van der Waals surface area contributed by atoms with Crippen LogP contribution in [-0.2, 0) is 6.54 Å². The Labute approximate surface area is 81.1 Å². The lowest BCUT2D eigenvalue weighted by molar-refractivity contribution is 0.994. The third-order valence-corrected chi connectivity index (χ3v) is 2.60. The Morgan fingerprint density at radius 2 is 2.31 bits per heavy atom. The number of pyridine rings is 1. The Kier molecular flexibility index (Phi) is 2.38. The van der Waals surface area contributed by atoms with Crippen molar-refractivity contribution >= 4 is 11.3 Å². The Hall–Kier alpha value is -1.19. The first-order valence-electron chi connectivity index (χ1n) is 4.08. The molecule has 2 heterocycles. The molecule has 13 heavy (non-hydrogen) atoms. The smallest absolute Gasteiger partial charge is 0.0617 e. The van der Waals surface area contributed by atoms with Gasteiger partial charge in [-0.2, -0.15) is 11.3 Å². The van der Waals surface area contributed by atoms with Gasteiger partial charge in [-0.25, -0.2) is 0 Å². The molecule has 0 aliphatic rings. The summed E-state index contributed by atoms with van der Waals surface area (Å²) in [6, 6.07) is 6.07. The summed E-state index contributed by atoms with van der Waals surface area (Å²) in [6.07, 6.45) is 1.78. The van der Waals surface area contributed by atoms with Crippen LogP contribution < -0.4 is 5.73 Å². The normalized spacial score (nSPS) is 10.2. The largest absolute Gasteiger partial charge is 0.325 e. The van der Waals surface area contributed by atoms with E-state index in [2.05, 4.69) is 27.9 Å². The van der Waals surface area contributed by atoms with Crippen molar-refractivity contribution in [1.29, 1.82) is 0 Å². The number of hydrogen-bond donors (Lipinski definition) is 1. The first-order valence-corrected chi connectivity index (χ1v) is 5.02. The van der Waals surface area contributed by atoms with Crippen LogP contribution in [0.2, 0.25) is 0 Å². The van der Waals surface area contributed by atoms with E-state index in [9.17, 15) is 0 Å². The van der Waals surface area contributed by atoms with Gasteiger partial charge in [0.15, 0.2) is 0 Å². The van der Waals surface area contributed by atoms with Crippen LogP contribution in [0.5, 0.6) is 0 Å². The molecule has 0 saturated carbocycles. The Morgan fingerprint density at radius 3 is 3.00 bits per heavy atom. The van der Waals surface area contributed by atoms with Gasteiger partial charge < -0.3 is 5.73 Å². The first-order chi connectivity index (χ1) is 6.42. The van der Waals surface area contributed by atoms with Crippen LogP contribution >= 0.6 is 11.3 Å². The van der Waals surface area contributed by atoms with Crippen molar-refractivity contribution < 1.29 is 0 Å². The zero-order chi connectivity index (χ0) is 9.10. The number of nitrogens with zero attached hydrogens (tertiary/aromatic N) is 1. The predicted molar refractivity (Wildman–Crippen MR) is 55.4 cm³/mol. The van der Waals surface area contributed by atoms with Gasteiger partial charge in [0.25, 0.3) is 0 Å². The fraction of sp³-hybridized carbons (Fsp3) is 0.100. The van der Waals surface area contributed by atoms with Gasteiger partial charge in [-0.3, -0.25) is 4.98 Å². The Balaban J connectivity index is 2.51. The highest BCUT2D eigenvalue weighted by Gasteiger charge is 2.03. The maximum Gasteiger partial charge on any atom is 0.0617 e. The molecule has 0 saturated heterocycles. The maximum absolute atomic E-state index is 5.60. The van der Waals surface area contributed by atoms with Gasteiger partial charge in [0.05, 0.1) is 5.69 Å². The standard InChI is InChI=1S/C10H10N2S/c11-6-10-9(2-1-4-12-10)8-3-5-13-7-8/h1-5,7H,6,11H2. The minimum absolute atomic E-state index is 0.492. The van der Waals surface area contributed by atoms with Crippen LogP contribution in [0.3, 0.4) is 0 Å². The second-order valence-electron chi connectivity index (χ2n) is 2.71. The molecule has 2 rings (SSSR count). The average molecular weight is 190 g/mol. The SMILES string of the molecule is NCc1ncccc1-c1ccsc1. The van der Waals surface area contributed by atoms with Gasteiger partial charge in [-0.15, -0.1) is 0 Å². The minimum atomic E-state index is 0.492. The molecule has 0 spiro atoms. The van der Waals surface area contributed by atoms with Gasteiger partial charge >= 0.3 is 0 Å². The van der Waals surface area contributed by atoms with Gasteiger partial charge in [0, 0.05) is 18.3 Å². The molecule has 0 aliphatic carbocycles. The van der Waals surface area contributed by atoms with E-state index < -0.39 is 0 Å². The second kappa shape index (κ2) is 3.68. The number of nitrogens with two attached hydrogens (primary N) is 1. The summed E-state index contributed by atoms with van der Waals surface area (Å²) in [7, 11) is 0. The topological polar surface area (TPSA) is 38.9 Å². The molecule has 66 valence electrons. The summed E-state index contributed by atoms with van der Waals surface area (Å²) < 4.78 is 0. The summed E-state index contributed by atoms with van der Waals surface area (Å²) >= 11 is 1.69. The third-order valence-electron chi connectivity index (χ3n) is 1.92. The molecule has 2 N–H and O–H groups in total. The molecule has 0 amide bonds. The highest BCUT2D eigenvalue weighted by atomic mass is 32.1. The minimum Gasteiger partial charge on any atom is -0.325 e. The molecule has 0 radical (unpaired) electrons. The fourth-order valence-electron chi connectivity index (χ4n) is 1.28. The highest BCUT2D eigenvalue weighted by Crippen LogP contribution is 2.23. The number of aromatic nitrogens is 1. The van der Waals surface area contributed by atoms with E-state index in [0.717, 1.165) is 11.3 Å². The van der Waals surface area contributed by atoms with Crippen molar-refractivity contribution in [3.8, 4) is 11.1 Å². The van der Waals surface area contributed by atoms with Gasteiger partial charge in [0.2, 0.25) is 0 Å². The van der Waals surface area contributed by atoms with Crippen molar-refractivity contribution in [1.82, 2.24) is 4.98 Å². The zero-order valence-corrected chi connectivity index (χ0v) is 7.92. The molecule has 0 unspecified atom stereocenters. The van der Waals surface area contributed by atoms with E-state index in [0.29, 0.717) is 6.54 Å². The van der Waals surface area contributed by atoms with E-state index in [4.69, 9.17) is 5.73 Å². The van der Waals surface area contributed by atoms with Crippen LogP contribution in [0.1, 0.15) is 5.69 Å². The van der Waals surface area contributed by atoms with Crippen LogP contribution in [0.15, 0.2) is 35.2 Å². The summed E-state index contributed by atoms with van der Waals surface area (Å²) in [6.45, 7) is 0.492. The van der Waals surface area contributed by atoms with Crippen molar-refractivity contribution in [3.63, 3.8) is 0 Å². The van der Waals surface area contributed by atoms with Gasteiger partial charge in [-0.1, -0.05) is 6.07 Å². The van der Waals surface area contributed by atoms with Crippen molar-refractivity contribution in [3.05, 3.63) is 40.8 Å². The van der Waals surface area contributed by atoms with E-state index in [1.807, 2.05) is 6.07 Å². The second-order valence-corrected chi connectivity index (χ2v) is 3.49. The zero-order valence-electron chi connectivity index (χ0n) is 7.10. The quantitative estimate of drug-likeness (QED) is 0.789. The van der Waals surface area contributed by atoms with E-state index >= 15 is 0 Å². The van der Waals surface area contributed by atoms with Crippen molar-refractivity contribution in [2.75, 3.05) is 0 Å². The molecule has 0 atom stereocenters. The fourth-order valence-corrected chi connectivity index (χ4v) is 1.94. The van der Waals surface area contributed by atoms with E-state index in [1.54, 1.807) is 17.5 Å². The molecule has 3 heteroatoms. The maximum atomic E-state index is 5.60. The third kappa shape index (κ3) is 1.61. The highest BCUT2D eigenvalue weighted by molar-refractivity contribution is 7.08. The van der Waals surface area contributed by atoms with Crippen LogP contribution in [0.25, 0.3) is 11.1 Å². The molecular formula is C10H10N2S. The molecule has 0 aliphatic heterocycles. The Bertz CT molecular complexity index is 382. The monoisotopic (exact) mass is 190 g/mol. The number of thiophene rings is 1. The molecule has 2 nitrogen and oxygen atoms in total.